The van der Waals surface area contributed by atoms with Crippen LogP contribution in [-0.2, 0) is 19.2 Å². The van der Waals surface area contributed by atoms with E-state index >= 15 is 0 Å². The van der Waals surface area contributed by atoms with Crippen LogP contribution >= 0.6 is 0 Å². The Morgan fingerprint density at radius 2 is 1.79 bits per heavy atom. The van der Waals surface area contributed by atoms with Crippen LogP contribution in [0.5, 0.6) is 0 Å². The van der Waals surface area contributed by atoms with Crippen LogP contribution in [0.1, 0.15) is 19.8 Å². The minimum absolute atomic E-state index is 0.117. The van der Waals surface area contributed by atoms with Crippen LogP contribution in [-0.4, -0.2) is 47.4 Å². The van der Waals surface area contributed by atoms with E-state index in [1.54, 1.807) is 0 Å². The fourth-order valence-corrected chi connectivity index (χ4v) is 1.21. The highest BCUT2D eigenvalue weighted by molar-refractivity contribution is 5.90. The van der Waals surface area contributed by atoms with Crippen molar-refractivity contribution in [2.75, 3.05) is 6.54 Å². The summed E-state index contributed by atoms with van der Waals surface area (Å²) in [5.74, 6) is -3.16. The summed E-state index contributed by atoms with van der Waals surface area (Å²) < 4.78 is 0. The van der Waals surface area contributed by atoms with E-state index in [2.05, 4.69) is 10.6 Å². The van der Waals surface area contributed by atoms with E-state index in [9.17, 15) is 19.2 Å². The van der Waals surface area contributed by atoms with E-state index in [1.807, 2.05) is 0 Å². The van der Waals surface area contributed by atoms with Crippen LogP contribution in [0, 0.1) is 0 Å². The van der Waals surface area contributed by atoms with Gasteiger partial charge in [0.2, 0.25) is 17.7 Å². The predicted octanol–water partition coefficient (Wildman–Crippen LogP) is -2.72. The van der Waals surface area contributed by atoms with Crippen LogP contribution < -0.4 is 22.1 Å². The van der Waals surface area contributed by atoms with Crippen molar-refractivity contribution in [1.29, 1.82) is 0 Å². The smallest absolute Gasteiger partial charge is 0.326 e. The number of carboxylic acid groups (broad SMARTS) is 1. The van der Waals surface area contributed by atoms with Crippen molar-refractivity contribution >= 4 is 23.7 Å². The van der Waals surface area contributed by atoms with Crippen molar-refractivity contribution in [3.8, 4) is 0 Å². The summed E-state index contributed by atoms with van der Waals surface area (Å²) in [6.07, 6.45) is -0.283. The van der Waals surface area contributed by atoms with Crippen molar-refractivity contribution in [1.82, 2.24) is 10.6 Å². The summed E-state index contributed by atoms with van der Waals surface area (Å²) in [7, 11) is 0. The molecule has 9 heteroatoms. The second kappa shape index (κ2) is 8.03. The monoisotopic (exact) mass is 274 g/mol. The normalized spacial score (nSPS) is 13.2. The number of rotatable bonds is 8. The Labute approximate surface area is 109 Å². The molecule has 108 valence electrons. The van der Waals surface area contributed by atoms with Crippen LogP contribution in [0.25, 0.3) is 0 Å². The van der Waals surface area contributed by atoms with Gasteiger partial charge in [-0.15, -0.1) is 0 Å². The van der Waals surface area contributed by atoms with Gasteiger partial charge in [0, 0.05) is 6.42 Å². The Morgan fingerprint density at radius 3 is 2.21 bits per heavy atom. The molecule has 19 heavy (non-hydrogen) atoms. The van der Waals surface area contributed by atoms with E-state index < -0.39 is 35.8 Å². The number of primary amides is 1. The number of hydrogen-bond donors (Lipinski definition) is 5. The van der Waals surface area contributed by atoms with Crippen molar-refractivity contribution < 1.29 is 24.3 Å². The molecule has 0 aliphatic rings. The fourth-order valence-electron chi connectivity index (χ4n) is 1.21. The lowest BCUT2D eigenvalue weighted by atomic mass is 10.1. The molecule has 0 saturated heterocycles. The molecular formula is C10H18N4O5. The molecule has 7 N–H and O–H groups in total. The Hall–Kier alpha value is -2.16. The first-order valence-electron chi connectivity index (χ1n) is 5.58. The zero-order valence-electron chi connectivity index (χ0n) is 10.5. The number of amides is 3. The van der Waals surface area contributed by atoms with Crippen molar-refractivity contribution in [2.24, 2.45) is 11.5 Å². The average molecular weight is 274 g/mol. The van der Waals surface area contributed by atoms with Gasteiger partial charge in [-0.3, -0.25) is 14.4 Å². The first kappa shape index (κ1) is 16.8. The number of hydrogen-bond acceptors (Lipinski definition) is 5. The maximum Gasteiger partial charge on any atom is 0.326 e. The SMILES string of the molecule is C[C@H](NC(=O)CN)C(=O)N[C@@H](CCC(N)=O)C(=O)O. The van der Waals surface area contributed by atoms with E-state index in [-0.39, 0.29) is 19.4 Å². The molecular weight excluding hydrogens is 256 g/mol. The zero-order valence-corrected chi connectivity index (χ0v) is 10.5. The Morgan fingerprint density at radius 1 is 1.21 bits per heavy atom. The third kappa shape index (κ3) is 6.99. The molecule has 0 aromatic carbocycles. The van der Waals surface area contributed by atoms with Crippen LogP contribution in [0.3, 0.4) is 0 Å². The molecule has 3 amide bonds. The van der Waals surface area contributed by atoms with Crippen molar-refractivity contribution in [3.63, 3.8) is 0 Å². The minimum Gasteiger partial charge on any atom is -0.480 e. The minimum atomic E-state index is -1.29. The van der Waals surface area contributed by atoms with Crippen molar-refractivity contribution in [3.05, 3.63) is 0 Å². The average Bonchev–Trinajstić information content (AvgIpc) is 2.32. The third-order valence-corrected chi connectivity index (χ3v) is 2.25. The van der Waals surface area contributed by atoms with Gasteiger partial charge in [0.05, 0.1) is 6.54 Å². The predicted molar refractivity (Wildman–Crippen MR) is 64.7 cm³/mol. The second-order valence-electron chi connectivity index (χ2n) is 3.90. The summed E-state index contributed by atoms with van der Waals surface area (Å²) in [5.41, 5.74) is 9.96. The van der Waals surface area contributed by atoms with Gasteiger partial charge in [0.25, 0.3) is 0 Å². The summed E-state index contributed by atoms with van der Waals surface area (Å²) in [5, 5.41) is 13.3. The molecule has 2 atom stereocenters. The number of aliphatic carboxylic acids is 1. The molecule has 0 aromatic rings. The number of carbonyl (C=O) groups is 4. The molecule has 0 fully saturated rings. The van der Waals surface area contributed by atoms with Gasteiger partial charge in [0.15, 0.2) is 0 Å². The molecule has 0 bridgehead atoms. The van der Waals surface area contributed by atoms with Crippen LogP contribution in [0.4, 0.5) is 0 Å². The Bertz CT molecular complexity index is 371. The lowest BCUT2D eigenvalue weighted by Gasteiger charge is -2.18. The standard InChI is InChI=1S/C10H18N4O5/c1-5(13-8(16)4-11)9(17)14-6(10(18)19)2-3-7(12)15/h5-6H,2-4,11H2,1H3,(H2,12,15)(H,13,16)(H,14,17)(H,18,19)/t5-,6-/m0/s1. The van der Waals surface area contributed by atoms with Crippen molar-refractivity contribution in [2.45, 2.75) is 31.8 Å². The topological polar surface area (TPSA) is 165 Å². The molecule has 0 aliphatic heterocycles. The summed E-state index contributed by atoms with van der Waals surface area (Å²) in [6.45, 7) is 1.11. The van der Waals surface area contributed by atoms with E-state index in [0.717, 1.165) is 0 Å². The second-order valence-corrected chi connectivity index (χ2v) is 3.90. The Balaban J connectivity index is 4.41. The van der Waals surface area contributed by atoms with Gasteiger partial charge >= 0.3 is 5.97 Å². The highest BCUT2D eigenvalue weighted by atomic mass is 16.4. The Kier molecular flexibility index (Phi) is 7.12. The number of carbonyl (C=O) groups excluding carboxylic acids is 3. The highest BCUT2D eigenvalue weighted by Gasteiger charge is 2.23. The molecule has 0 radical (unpaired) electrons. The molecule has 0 spiro atoms. The van der Waals surface area contributed by atoms with Gasteiger partial charge in [-0.05, 0) is 13.3 Å². The van der Waals surface area contributed by atoms with E-state index in [4.69, 9.17) is 16.6 Å². The summed E-state index contributed by atoms with van der Waals surface area (Å²) in [4.78, 5) is 44.0. The molecule has 0 saturated carbocycles. The number of carboxylic acids is 1. The molecule has 0 rings (SSSR count). The van der Waals surface area contributed by atoms with Gasteiger partial charge < -0.3 is 27.2 Å². The summed E-state index contributed by atoms with van der Waals surface area (Å²) in [6, 6.07) is -2.16. The first-order chi connectivity index (χ1) is 8.77. The highest BCUT2D eigenvalue weighted by Crippen LogP contribution is 1.98. The van der Waals surface area contributed by atoms with Gasteiger partial charge in [0.1, 0.15) is 12.1 Å². The van der Waals surface area contributed by atoms with Gasteiger partial charge in [-0.2, -0.15) is 0 Å². The van der Waals surface area contributed by atoms with Gasteiger partial charge in [-0.1, -0.05) is 0 Å². The number of nitrogens with one attached hydrogen (secondary N) is 2. The lowest BCUT2D eigenvalue weighted by molar-refractivity contribution is -0.142. The maximum absolute atomic E-state index is 11.6. The zero-order chi connectivity index (χ0) is 15.0. The largest absolute Gasteiger partial charge is 0.480 e. The van der Waals surface area contributed by atoms with Crippen LogP contribution in [0.15, 0.2) is 0 Å². The lowest BCUT2D eigenvalue weighted by Crippen LogP contribution is -2.51. The maximum atomic E-state index is 11.6. The molecule has 0 aromatic heterocycles. The van der Waals surface area contributed by atoms with Crippen LogP contribution in [0.2, 0.25) is 0 Å². The quantitative estimate of drug-likeness (QED) is 0.322. The number of nitrogens with two attached hydrogens (primary N) is 2. The molecule has 0 unspecified atom stereocenters. The van der Waals surface area contributed by atoms with Gasteiger partial charge in [-0.25, -0.2) is 4.79 Å². The third-order valence-electron chi connectivity index (χ3n) is 2.25. The van der Waals surface area contributed by atoms with E-state index in [1.165, 1.54) is 6.92 Å². The molecule has 9 nitrogen and oxygen atoms in total. The van der Waals surface area contributed by atoms with E-state index in [0.29, 0.717) is 0 Å². The molecule has 0 aliphatic carbocycles. The summed E-state index contributed by atoms with van der Waals surface area (Å²) >= 11 is 0. The molecule has 0 heterocycles. The fraction of sp³-hybridized carbons (Fsp3) is 0.600. The first-order valence-corrected chi connectivity index (χ1v) is 5.58.